The van der Waals surface area contributed by atoms with Crippen LogP contribution in [0.5, 0.6) is 0 Å². The molecule has 1 fully saturated rings. The molecule has 8 heteroatoms. The fraction of sp³-hybridized carbons (Fsp3) is 0.409. The summed E-state index contributed by atoms with van der Waals surface area (Å²) in [4.78, 5) is 9.31. The fourth-order valence-corrected chi connectivity index (χ4v) is 6.01. The first-order chi connectivity index (χ1) is 14.5. The lowest BCUT2D eigenvalue weighted by Gasteiger charge is -2.38. The van der Waals surface area contributed by atoms with Crippen LogP contribution in [0.1, 0.15) is 41.6 Å². The highest BCUT2D eigenvalue weighted by Gasteiger charge is 2.34. The number of pyridine rings is 1. The maximum Gasteiger partial charge on any atom is 0.285 e. The SMILES string of the molecule is CN(C1=NS(=O)(=O)c2ccccc21)C1CCN(c2nc3c(cc2C#N)CCC3)CC1. The average molecular weight is 422 g/mol. The average Bonchev–Trinajstić information content (AvgIpc) is 3.34. The quantitative estimate of drug-likeness (QED) is 0.740. The summed E-state index contributed by atoms with van der Waals surface area (Å²) in [6.07, 6.45) is 4.80. The van der Waals surface area contributed by atoms with Gasteiger partial charge in [0.05, 0.1) is 5.56 Å². The molecule has 3 heterocycles. The summed E-state index contributed by atoms with van der Waals surface area (Å²) >= 11 is 0. The van der Waals surface area contributed by atoms with Crippen LogP contribution in [0.25, 0.3) is 0 Å². The summed E-state index contributed by atoms with van der Waals surface area (Å²) in [6, 6.07) is 11.5. The lowest BCUT2D eigenvalue weighted by atomic mass is 10.0. The van der Waals surface area contributed by atoms with E-state index in [9.17, 15) is 13.7 Å². The molecule has 0 atom stereocenters. The standard InChI is InChI=1S/C22H23N5O2S/c1-26(22-18-6-2-3-8-20(18)30(28,29)25-22)17-9-11-27(12-10-17)21-16(14-23)13-15-5-4-7-19(15)24-21/h2-3,6,8,13,17H,4-5,7,9-12H2,1H3. The van der Waals surface area contributed by atoms with Crippen LogP contribution in [-0.2, 0) is 22.9 Å². The molecule has 0 radical (unpaired) electrons. The third kappa shape index (κ3) is 3.05. The van der Waals surface area contributed by atoms with Crippen molar-refractivity contribution in [1.82, 2.24) is 9.88 Å². The lowest BCUT2D eigenvalue weighted by Crippen LogP contribution is -2.46. The van der Waals surface area contributed by atoms with Crippen molar-refractivity contribution in [2.24, 2.45) is 4.40 Å². The van der Waals surface area contributed by atoms with Crippen LogP contribution in [0, 0.1) is 11.3 Å². The van der Waals surface area contributed by atoms with Gasteiger partial charge >= 0.3 is 0 Å². The highest BCUT2D eigenvalue weighted by atomic mass is 32.2. The van der Waals surface area contributed by atoms with Gasteiger partial charge in [-0.25, -0.2) is 4.98 Å². The molecular formula is C22H23N5O2S. The molecule has 3 aliphatic rings. The van der Waals surface area contributed by atoms with E-state index in [1.54, 1.807) is 12.1 Å². The van der Waals surface area contributed by atoms with Gasteiger partial charge in [-0.1, -0.05) is 12.1 Å². The molecule has 0 bridgehead atoms. The molecule has 0 amide bonds. The van der Waals surface area contributed by atoms with E-state index in [-0.39, 0.29) is 10.9 Å². The van der Waals surface area contributed by atoms with Crippen molar-refractivity contribution < 1.29 is 8.42 Å². The second-order valence-electron chi connectivity index (χ2n) is 8.15. The summed E-state index contributed by atoms with van der Waals surface area (Å²) in [7, 11) is -1.70. The van der Waals surface area contributed by atoms with Gasteiger partial charge < -0.3 is 9.80 Å². The predicted octanol–water partition coefficient (Wildman–Crippen LogP) is 2.49. The van der Waals surface area contributed by atoms with Gasteiger partial charge in [-0.2, -0.15) is 13.7 Å². The number of nitriles is 1. The van der Waals surface area contributed by atoms with Crippen LogP contribution in [0.4, 0.5) is 5.82 Å². The molecule has 0 spiro atoms. The molecule has 154 valence electrons. The molecule has 7 nitrogen and oxygen atoms in total. The smallest absolute Gasteiger partial charge is 0.285 e. The number of aromatic nitrogens is 1. The minimum Gasteiger partial charge on any atom is -0.355 e. The van der Waals surface area contributed by atoms with E-state index < -0.39 is 10.0 Å². The number of hydrogen-bond donors (Lipinski definition) is 0. The number of hydrogen-bond acceptors (Lipinski definition) is 6. The third-order valence-electron chi connectivity index (χ3n) is 6.41. The Morgan fingerprint density at radius 1 is 1.20 bits per heavy atom. The van der Waals surface area contributed by atoms with Crippen molar-refractivity contribution in [2.75, 3.05) is 25.0 Å². The zero-order chi connectivity index (χ0) is 20.9. The Hall–Kier alpha value is -2.92. The largest absolute Gasteiger partial charge is 0.355 e. The Kier molecular flexibility index (Phi) is 4.51. The highest BCUT2D eigenvalue weighted by Crippen LogP contribution is 2.32. The maximum atomic E-state index is 12.4. The number of piperidine rings is 1. The normalized spacial score (nSPS) is 19.7. The van der Waals surface area contributed by atoms with Crippen LogP contribution in [0.3, 0.4) is 0 Å². The molecule has 1 aliphatic carbocycles. The minimum absolute atomic E-state index is 0.182. The van der Waals surface area contributed by atoms with E-state index in [1.165, 1.54) is 5.56 Å². The van der Waals surface area contributed by atoms with E-state index in [2.05, 4.69) is 15.4 Å². The van der Waals surface area contributed by atoms with Crippen molar-refractivity contribution in [3.63, 3.8) is 0 Å². The number of rotatable bonds is 2. The molecule has 1 aromatic carbocycles. The molecule has 0 unspecified atom stereocenters. The number of benzene rings is 1. The van der Waals surface area contributed by atoms with Gasteiger partial charge in [-0.15, -0.1) is 4.40 Å². The summed E-state index contributed by atoms with van der Waals surface area (Å²) in [5, 5.41) is 9.61. The van der Waals surface area contributed by atoms with E-state index >= 15 is 0 Å². The third-order valence-corrected chi connectivity index (χ3v) is 7.73. The minimum atomic E-state index is -3.62. The molecule has 2 aromatic rings. The maximum absolute atomic E-state index is 12.4. The Morgan fingerprint density at radius 2 is 1.97 bits per heavy atom. The van der Waals surface area contributed by atoms with Crippen LogP contribution in [0.2, 0.25) is 0 Å². The fourth-order valence-electron chi connectivity index (χ4n) is 4.77. The van der Waals surface area contributed by atoms with Crippen molar-refractivity contribution in [3.8, 4) is 6.07 Å². The monoisotopic (exact) mass is 421 g/mol. The molecule has 30 heavy (non-hydrogen) atoms. The predicted molar refractivity (Wildman–Crippen MR) is 114 cm³/mol. The second-order valence-corrected chi connectivity index (χ2v) is 9.72. The van der Waals surface area contributed by atoms with Crippen molar-refractivity contribution >= 4 is 21.7 Å². The molecule has 0 N–H and O–H groups in total. The number of anilines is 1. The summed E-state index contributed by atoms with van der Waals surface area (Å²) in [5.74, 6) is 1.32. The molecule has 0 saturated carbocycles. The Bertz CT molecular complexity index is 1190. The number of aryl methyl sites for hydroxylation is 2. The van der Waals surface area contributed by atoms with Crippen molar-refractivity contribution in [3.05, 3.63) is 52.7 Å². The van der Waals surface area contributed by atoms with Crippen LogP contribution in [0.15, 0.2) is 39.6 Å². The highest BCUT2D eigenvalue weighted by molar-refractivity contribution is 7.90. The molecular weight excluding hydrogens is 398 g/mol. The van der Waals surface area contributed by atoms with Gasteiger partial charge in [0.2, 0.25) is 0 Å². The van der Waals surface area contributed by atoms with Gasteiger partial charge in [0.25, 0.3) is 10.0 Å². The second kappa shape index (κ2) is 7.10. The number of sulfonamides is 1. The van der Waals surface area contributed by atoms with Gasteiger partial charge in [-0.3, -0.25) is 0 Å². The van der Waals surface area contributed by atoms with E-state index in [0.29, 0.717) is 17.0 Å². The Balaban J connectivity index is 1.35. The molecule has 2 aliphatic heterocycles. The van der Waals surface area contributed by atoms with Crippen LogP contribution < -0.4 is 4.90 Å². The molecule has 5 rings (SSSR count). The summed E-state index contributed by atoms with van der Waals surface area (Å²) in [6.45, 7) is 1.55. The van der Waals surface area contributed by atoms with E-state index in [0.717, 1.165) is 56.7 Å². The first-order valence-corrected chi connectivity index (χ1v) is 11.8. The lowest BCUT2D eigenvalue weighted by molar-refractivity contribution is 0.305. The summed E-state index contributed by atoms with van der Waals surface area (Å²) in [5.41, 5.74) is 3.67. The van der Waals surface area contributed by atoms with Crippen molar-refractivity contribution in [1.29, 1.82) is 5.26 Å². The molecule has 1 aromatic heterocycles. The van der Waals surface area contributed by atoms with E-state index in [4.69, 9.17) is 4.98 Å². The van der Waals surface area contributed by atoms with Gasteiger partial charge in [0, 0.05) is 37.4 Å². The number of nitrogens with zero attached hydrogens (tertiary/aromatic N) is 5. The summed E-state index contributed by atoms with van der Waals surface area (Å²) < 4.78 is 28.8. The van der Waals surface area contributed by atoms with Gasteiger partial charge in [-0.05, 0) is 55.9 Å². The number of fused-ring (bicyclic) bond motifs is 2. The zero-order valence-electron chi connectivity index (χ0n) is 16.9. The molecule has 1 saturated heterocycles. The first kappa shape index (κ1) is 19.1. The van der Waals surface area contributed by atoms with Gasteiger partial charge in [0.1, 0.15) is 16.8 Å². The zero-order valence-corrected chi connectivity index (χ0v) is 17.7. The topological polar surface area (TPSA) is 89.7 Å². The van der Waals surface area contributed by atoms with Crippen LogP contribution >= 0.6 is 0 Å². The van der Waals surface area contributed by atoms with E-state index in [1.807, 2.05) is 30.1 Å². The Morgan fingerprint density at radius 3 is 2.73 bits per heavy atom. The first-order valence-electron chi connectivity index (χ1n) is 10.3. The van der Waals surface area contributed by atoms with Crippen molar-refractivity contribution in [2.45, 2.75) is 43.0 Å². The number of amidine groups is 1. The Labute approximate surface area is 176 Å². The van der Waals surface area contributed by atoms with Gasteiger partial charge in [0.15, 0.2) is 5.84 Å². The van der Waals surface area contributed by atoms with Crippen LogP contribution in [-0.4, -0.2) is 50.3 Å².